The van der Waals surface area contributed by atoms with Gasteiger partial charge >= 0.3 is 5.97 Å². The molecule has 0 spiro atoms. The Hall–Kier alpha value is -1.37. The van der Waals surface area contributed by atoms with Gasteiger partial charge in [0.05, 0.1) is 6.04 Å². The molecule has 0 saturated heterocycles. The lowest BCUT2D eigenvalue weighted by Gasteiger charge is -2.13. The SMILES string of the molecule is N[C@@H](Cc1ccccc1C(=O)[C@@H](N)CS)C(=O)O. The van der Waals surface area contributed by atoms with Gasteiger partial charge in [0, 0.05) is 11.3 Å². The summed E-state index contributed by atoms with van der Waals surface area (Å²) in [6.07, 6.45) is 0.0938. The van der Waals surface area contributed by atoms with E-state index >= 15 is 0 Å². The smallest absolute Gasteiger partial charge is 0.320 e. The zero-order chi connectivity index (χ0) is 13.7. The van der Waals surface area contributed by atoms with Crippen LogP contribution in [0.3, 0.4) is 0 Å². The van der Waals surface area contributed by atoms with Gasteiger partial charge in [-0.25, -0.2) is 0 Å². The fourth-order valence-electron chi connectivity index (χ4n) is 1.55. The van der Waals surface area contributed by atoms with Gasteiger partial charge in [0.15, 0.2) is 5.78 Å². The summed E-state index contributed by atoms with van der Waals surface area (Å²) in [7, 11) is 0. The Kier molecular flexibility index (Phi) is 5.33. The number of thiol groups is 1. The maximum atomic E-state index is 12.0. The molecule has 1 rings (SSSR count). The molecule has 0 heterocycles. The molecule has 0 radical (unpaired) electrons. The molecule has 0 saturated carbocycles. The highest BCUT2D eigenvalue weighted by molar-refractivity contribution is 7.80. The quantitative estimate of drug-likeness (QED) is 0.432. The molecule has 1 aromatic rings. The molecular weight excluding hydrogens is 252 g/mol. The van der Waals surface area contributed by atoms with Crippen LogP contribution in [0, 0.1) is 0 Å². The second kappa shape index (κ2) is 6.53. The number of Topliss-reactive ketones (excluding diaryl/α,β-unsaturated/α-hetero) is 1. The molecule has 5 N–H and O–H groups in total. The maximum Gasteiger partial charge on any atom is 0.320 e. The third-order valence-electron chi connectivity index (χ3n) is 2.57. The molecule has 18 heavy (non-hydrogen) atoms. The minimum Gasteiger partial charge on any atom is -0.480 e. The monoisotopic (exact) mass is 268 g/mol. The first kappa shape index (κ1) is 14.7. The maximum absolute atomic E-state index is 12.0. The summed E-state index contributed by atoms with van der Waals surface area (Å²) in [5, 5.41) is 8.78. The van der Waals surface area contributed by atoms with Crippen molar-refractivity contribution in [3.8, 4) is 0 Å². The van der Waals surface area contributed by atoms with Gasteiger partial charge in [0.2, 0.25) is 0 Å². The molecule has 2 atom stereocenters. The molecule has 0 aromatic heterocycles. The fourth-order valence-corrected chi connectivity index (χ4v) is 1.71. The van der Waals surface area contributed by atoms with Crippen LogP contribution in [0.2, 0.25) is 0 Å². The number of benzene rings is 1. The highest BCUT2D eigenvalue weighted by atomic mass is 32.1. The van der Waals surface area contributed by atoms with Gasteiger partial charge in [0.1, 0.15) is 6.04 Å². The molecule has 5 nitrogen and oxygen atoms in total. The number of rotatable bonds is 6. The van der Waals surface area contributed by atoms with E-state index in [2.05, 4.69) is 12.6 Å². The first-order chi connectivity index (χ1) is 8.47. The van der Waals surface area contributed by atoms with Crippen LogP contribution in [-0.2, 0) is 11.2 Å². The summed E-state index contributed by atoms with van der Waals surface area (Å²) in [6, 6.07) is 5.00. The van der Waals surface area contributed by atoms with Gasteiger partial charge < -0.3 is 16.6 Å². The average Bonchev–Trinajstić information content (AvgIpc) is 2.37. The minimum atomic E-state index is -1.10. The van der Waals surface area contributed by atoms with E-state index in [1.54, 1.807) is 24.3 Å². The van der Waals surface area contributed by atoms with Crippen molar-refractivity contribution in [1.82, 2.24) is 0 Å². The first-order valence-electron chi connectivity index (χ1n) is 5.44. The van der Waals surface area contributed by atoms with Crippen LogP contribution in [0.5, 0.6) is 0 Å². The Labute approximate surface area is 111 Å². The van der Waals surface area contributed by atoms with Gasteiger partial charge in [-0.2, -0.15) is 12.6 Å². The molecule has 0 aliphatic rings. The Balaban J connectivity index is 2.99. The Bertz CT molecular complexity index is 451. The van der Waals surface area contributed by atoms with Gasteiger partial charge in [-0.15, -0.1) is 0 Å². The summed E-state index contributed by atoms with van der Waals surface area (Å²) >= 11 is 3.98. The van der Waals surface area contributed by atoms with Crippen molar-refractivity contribution in [1.29, 1.82) is 0 Å². The van der Waals surface area contributed by atoms with E-state index in [1.807, 2.05) is 0 Å². The van der Waals surface area contributed by atoms with Crippen molar-refractivity contribution < 1.29 is 14.7 Å². The first-order valence-corrected chi connectivity index (χ1v) is 6.07. The Morgan fingerprint density at radius 1 is 1.22 bits per heavy atom. The van der Waals surface area contributed by atoms with E-state index in [0.717, 1.165) is 0 Å². The van der Waals surface area contributed by atoms with Gasteiger partial charge in [-0.3, -0.25) is 9.59 Å². The van der Waals surface area contributed by atoms with Gasteiger partial charge in [0.25, 0.3) is 0 Å². The van der Waals surface area contributed by atoms with Crippen LogP contribution in [0.4, 0.5) is 0 Å². The summed E-state index contributed by atoms with van der Waals surface area (Å²) < 4.78 is 0. The number of hydrogen-bond acceptors (Lipinski definition) is 5. The van der Waals surface area contributed by atoms with Crippen molar-refractivity contribution in [2.45, 2.75) is 18.5 Å². The minimum absolute atomic E-state index is 0.0938. The van der Waals surface area contributed by atoms with Crippen molar-refractivity contribution in [2.24, 2.45) is 11.5 Å². The van der Waals surface area contributed by atoms with E-state index in [1.165, 1.54) is 0 Å². The second-order valence-corrected chi connectivity index (χ2v) is 4.32. The highest BCUT2D eigenvalue weighted by Crippen LogP contribution is 2.13. The number of nitrogens with two attached hydrogens (primary N) is 2. The van der Waals surface area contributed by atoms with Crippen LogP contribution in [0.15, 0.2) is 24.3 Å². The van der Waals surface area contributed by atoms with Gasteiger partial charge in [-0.1, -0.05) is 24.3 Å². The second-order valence-electron chi connectivity index (χ2n) is 3.96. The molecule has 0 aliphatic carbocycles. The molecule has 98 valence electrons. The highest BCUT2D eigenvalue weighted by Gasteiger charge is 2.20. The van der Waals surface area contributed by atoms with Crippen LogP contribution in [0.25, 0.3) is 0 Å². The predicted molar refractivity (Wildman–Crippen MR) is 71.9 cm³/mol. The van der Waals surface area contributed by atoms with E-state index in [9.17, 15) is 9.59 Å². The lowest BCUT2D eigenvalue weighted by molar-refractivity contribution is -0.138. The summed E-state index contributed by atoms with van der Waals surface area (Å²) in [6.45, 7) is 0. The normalized spacial score (nSPS) is 13.9. The van der Waals surface area contributed by atoms with Crippen molar-refractivity contribution in [3.63, 3.8) is 0 Å². The molecule has 1 aromatic carbocycles. The standard InChI is InChI=1S/C12H16N2O3S/c13-9(12(16)17)5-7-3-1-2-4-8(7)11(15)10(14)6-18/h1-4,9-10,18H,5-6,13-14H2,(H,16,17)/t9-,10-/m0/s1. The van der Waals surface area contributed by atoms with Crippen LogP contribution < -0.4 is 11.5 Å². The molecule has 0 aliphatic heterocycles. The van der Waals surface area contributed by atoms with E-state index < -0.39 is 18.1 Å². The summed E-state index contributed by atoms with van der Waals surface area (Å²) in [5.41, 5.74) is 12.1. The fraction of sp³-hybridized carbons (Fsp3) is 0.333. The molecule has 0 unspecified atom stereocenters. The van der Waals surface area contributed by atoms with Crippen molar-refractivity contribution >= 4 is 24.4 Å². The Morgan fingerprint density at radius 2 is 1.83 bits per heavy atom. The number of hydrogen-bond donors (Lipinski definition) is 4. The van der Waals surface area contributed by atoms with E-state index in [-0.39, 0.29) is 18.0 Å². The number of carboxylic acid groups (broad SMARTS) is 1. The molecule has 0 fully saturated rings. The Morgan fingerprint density at radius 3 is 2.39 bits per heavy atom. The van der Waals surface area contributed by atoms with E-state index in [0.29, 0.717) is 11.1 Å². The third kappa shape index (κ3) is 3.56. The van der Waals surface area contributed by atoms with Crippen molar-refractivity contribution in [2.75, 3.05) is 5.75 Å². The molecule has 0 bridgehead atoms. The van der Waals surface area contributed by atoms with Crippen molar-refractivity contribution in [3.05, 3.63) is 35.4 Å². The number of carbonyl (C=O) groups excluding carboxylic acids is 1. The van der Waals surface area contributed by atoms with E-state index in [4.69, 9.17) is 16.6 Å². The summed E-state index contributed by atoms with van der Waals surface area (Å²) in [5.74, 6) is -1.12. The predicted octanol–water partition coefficient (Wildman–Crippen LogP) is 0.0808. The molecular formula is C12H16N2O3S. The zero-order valence-electron chi connectivity index (χ0n) is 9.74. The number of ketones is 1. The third-order valence-corrected chi connectivity index (χ3v) is 2.97. The molecule has 6 heteroatoms. The largest absolute Gasteiger partial charge is 0.480 e. The zero-order valence-corrected chi connectivity index (χ0v) is 10.6. The number of aliphatic carboxylic acids is 1. The topological polar surface area (TPSA) is 106 Å². The van der Waals surface area contributed by atoms with Gasteiger partial charge in [-0.05, 0) is 12.0 Å². The lowest BCUT2D eigenvalue weighted by Crippen LogP contribution is -2.35. The molecule has 0 amide bonds. The van der Waals surface area contributed by atoms with Crippen LogP contribution in [0.1, 0.15) is 15.9 Å². The number of carbonyl (C=O) groups is 2. The lowest BCUT2D eigenvalue weighted by atomic mass is 9.95. The average molecular weight is 268 g/mol. The van der Waals surface area contributed by atoms with Crippen LogP contribution >= 0.6 is 12.6 Å². The summed E-state index contributed by atoms with van der Waals surface area (Å²) in [4.78, 5) is 22.7. The number of carboxylic acids is 1. The van der Waals surface area contributed by atoms with Crippen LogP contribution in [-0.4, -0.2) is 34.7 Å².